The summed E-state index contributed by atoms with van der Waals surface area (Å²) in [5.41, 5.74) is 0. The number of thioether (sulfide) groups is 1. The summed E-state index contributed by atoms with van der Waals surface area (Å²) in [6, 6.07) is 9.07. The summed E-state index contributed by atoms with van der Waals surface area (Å²) in [6.07, 6.45) is 1.19. The zero-order valence-electron chi connectivity index (χ0n) is 10.2. The second-order valence-corrected chi connectivity index (χ2v) is 6.39. The third-order valence-corrected chi connectivity index (χ3v) is 4.41. The Hall–Kier alpha value is 0.01000. The molecule has 0 saturated heterocycles. The van der Waals surface area contributed by atoms with Gasteiger partial charge >= 0.3 is 0 Å². The third kappa shape index (κ3) is 4.89. The maximum Gasteiger partial charge on any atom is 0.0217 e. The Morgan fingerprint density at radius 1 is 1.25 bits per heavy atom. The minimum absolute atomic E-state index is 0.550. The molecular weight excluding hydrogens is 282 g/mol. The zero-order chi connectivity index (χ0) is 12.0. The van der Waals surface area contributed by atoms with E-state index in [1.807, 2.05) is 11.8 Å². The largest absolute Gasteiger partial charge is 0.313 e. The second kappa shape index (κ2) is 7.36. The Morgan fingerprint density at radius 3 is 2.44 bits per heavy atom. The van der Waals surface area contributed by atoms with Gasteiger partial charge < -0.3 is 5.32 Å². The summed E-state index contributed by atoms with van der Waals surface area (Å²) >= 11 is 5.38. The van der Waals surface area contributed by atoms with Crippen molar-refractivity contribution in [2.75, 3.05) is 6.54 Å². The molecule has 0 amide bonds. The van der Waals surface area contributed by atoms with Crippen molar-refractivity contribution in [1.82, 2.24) is 5.32 Å². The van der Waals surface area contributed by atoms with Crippen LogP contribution in [0.3, 0.4) is 0 Å². The van der Waals surface area contributed by atoms with E-state index in [1.54, 1.807) is 0 Å². The molecule has 0 fully saturated rings. The summed E-state index contributed by atoms with van der Waals surface area (Å²) in [6.45, 7) is 7.84. The fourth-order valence-electron chi connectivity index (χ4n) is 1.37. The highest BCUT2D eigenvalue weighted by Crippen LogP contribution is 2.26. The lowest BCUT2D eigenvalue weighted by atomic mass is 10.2. The van der Waals surface area contributed by atoms with Crippen LogP contribution < -0.4 is 5.32 Å². The molecule has 0 aliphatic carbocycles. The molecule has 1 nitrogen and oxygen atoms in total. The Labute approximate surface area is 112 Å². The van der Waals surface area contributed by atoms with E-state index in [9.17, 15) is 0 Å². The van der Waals surface area contributed by atoms with E-state index in [2.05, 4.69) is 66.3 Å². The van der Waals surface area contributed by atoms with E-state index in [0.717, 1.165) is 11.0 Å². The van der Waals surface area contributed by atoms with E-state index >= 15 is 0 Å². The van der Waals surface area contributed by atoms with Crippen LogP contribution in [0.5, 0.6) is 0 Å². The molecule has 2 unspecified atom stereocenters. The first kappa shape index (κ1) is 14.1. The van der Waals surface area contributed by atoms with Crippen molar-refractivity contribution in [1.29, 1.82) is 0 Å². The van der Waals surface area contributed by atoms with Crippen molar-refractivity contribution in [3.8, 4) is 0 Å². The molecule has 1 aromatic carbocycles. The summed E-state index contributed by atoms with van der Waals surface area (Å²) in [5.74, 6) is 0. The SMILES string of the molecule is CCCNC(C)C(C)Sc1ccc(Br)cc1. The minimum Gasteiger partial charge on any atom is -0.313 e. The summed E-state index contributed by atoms with van der Waals surface area (Å²) in [4.78, 5) is 1.33. The van der Waals surface area contributed by atoms with Crippen LogP contribution in [-0.2, 0) is 0 Å². The van der Waals surface area contributed by atoms with Crippen molar-refractivity contribution in [2.24, 2.45) is 0 Å². The van der Waals surface area contributed by atoms with Gasteiger partial charge in [-0.15, -0.1) is 11.8 Å². The monoisotopic (exact) mass is 301 g/mol. The predicted octanol–water partition coefficient (Wildman–Crippen LogP) is 4.32. The molecule has 1 aromatic rings. The van der Waals surface area contributed by atoms with E-state index < -0.39 is 0 Å². The fraction of sp³-hybridized carbons (Fsp3) is 0.538. The van der Waals surface area contributed by atoms with Gasteiger partial charge in [-0.05, 0) is 44.2 Å². The van der Waals surface area contributed by atoms with Crippen LogP contribution in [0.15, 0.2) is 33.6 Å². The van der Waals surface area contributed by atoms with Crippen LogP contribution in [0.1, 0.15) is 27.2 Å². The number of hydrogen-bond donors (Lipinski definition) is 1. The Bertz CT molecular complexity index is 299. The van der Waals surface area contributed by atoms with Crippen molar-refractivity contribution in [2.45, 2.75) is 43.4 Å². The van der Waals surface area contributed by atoms with E-state index in [0.29, 0.717) is 11.3 Å². The first-order chi connectivity index (χ1) is 7.63. The van der Waals surface area contributed by atoms with Crippen molar-refractivity contribution in [3.05, 3.63) is 28.7 Å². The molecule has 0 aliphatic heterocycles. The van der Waals surface area contributed by atoms with Gasteiger partial charge in [-0.1, -0.05) is 29.8 Å². The number of hydrogen-bond acceptors (Lipinski definition) is 2. The topological polar surface area (TPSA) is 12.0 Å². The van der Waals surface area contributed by atoms with Gasteiger partial charge in [0.2, 0.25) is 0 Å². The Balaban J connectivity index is 2.43. The highest BCUT2D eigenvalue weighted by molar-refractivity contribution is 9.10. The van der Waals surface area contributed by atoms with Crippen LogP contribution in [0.2, 0.25) is 0 Å². The Morgan fingerprint density at radius 2 is 1.88 bits per heavy atom. The first-order valence-corrected chi connectivity index (χ1v) is 7.46. The van der Waals surface area contributed by atoms with E-state index in [1.165, 1.54) is 11.3 Å². The maximum absolute atomic E-state index is 3.53. The van der Waals surface area contributed by atoms with Gasteiger partial charge in [0, 0.05) is 20.7 Å². The van der Waals surface area contributed by atoms with Gasteiger partial charge in [0.15, 0.2) is 0 Å². The van der Waals surface area contributed by atoms with Crippen LogP contribution in [0.4, 0.5) is 0 Å². The fourth-order valence-corrected chi connectivity index (χ4v) is 2.66. The highest BCUT2D eigenvalue weighted by Gasteiger charge is 2.12. The molecule has 0 aromatic heterocycles. The molecule has 0 aliphatic rings. The van der Waals surface area contributed by atoms with Crippen molar-refractivity contribution in [3.63, 3.8) is 0 Å². The van der Waals surface area contributed by atoms with Crippen LogP contribution in [-0.4, -0.2) is 17.8 Å². The van der Waals surface area contributed by atoms with Crippen molar-refractivity contribution < 1.29 is 0 Å². The normalized spacial score (nSPS) is 14.8. The van der Waals surface area contributed by atoms with Gasteiger partial charge in [0.05, 0.1) is 0 Å². The van der Waals surface area contributed by atoms with E-state index in [-0.39, 0.29) is 0 Å². The third-order valence-electron chi connectivity index (χ3n) is 2.56. The summed E-state index contributed by atoms with van der Waals surface area (Å²) in [7, 11) is 0. The predicted molar refractivity (Wildman–Crippen MR) is 77.2 cm³/mol. The summed E-state index contributed by atoms with van der Waals surface area (Å²) < 4.78 is 1.14. The van der Waals surface area contributed by atoms with Crippen LogP contribution in [0.25, 0.3) is 0 Å². The molecule has 16 heavy (non-hydrogen) atoms. The Kier molecular flexibility index (Phi) is 6.47. The average Bonchev–Trinajstić information content (AvgIpc) is 2.29. The van der Waals surface area contributed by atoms with Gasteiger partial charge in [-0.25, -0.2) is 0 Å². The number of benzene rings is 1. The van der Waals surface area contributed by atoms with Gasteiger partial charge in [0.25, 0.3) is 0 Å². The zero-order valence-corrected chi connectivity index (χ0v) is 12.6. The first-order valence-electron chi connectivity index (χ1n) is 5.79. The number of halogens is 1. The second-order valence-electron chi connectivity index (χ2n) is 4.02. The molecule has 1 N–H and O–H groups in total. The van der Waals surface area contributed by atoms with Gasteiger partial charge in [0.1, 0.15) is 0 Å². The summed E-state index contributed by atoms with van der Waals surface area (Å²) in [5, 5.41) is 4.12. The number of rotatable bonds is 6. The maximum atomic E-state index is 3.53. The van der Waals surface area contributed by atoms with E-state index in [4.69, 9.17) is 0 Å². The van der Waals surface area contributed by atoms with Gasteiger partial charge in [-0.3, -0.25) is 0 Å². The molecule has 0 bridgehead atoms. The molecule has 2 atom stereocenters. The van der Waals surface area contributed by atoms with Crippen LogP contribution in [0, 0.1) is 0 Å². The minimum atomic E-state index is 0.550. The van der Waals surface area contributed by atoms with Crippen LogP contribution >= 0.6 is 27.7 Å². The lowest BCUT2D eigenvalue weighted by Crippen LogP contribution is -2.34. The quantitative estimate of drug-likeness (QED) is 0.786. The molecule has 0 heterocycles. The standard InChI is InChI=1S/C13H20BrNS/c1-4-9-15-10(2)11(3)16-13-7-5-12(14)6-8-13/h5-8,10-11,15H,4,9H2,1-3H3. The average molecular weight is 302 g/mol. The molecule has 0 spiro atoms. The highest BCUT2D eigenvalue weighted by atomic mass is 79.9. The van der Waals surface area contributed by atoms with Crippen molar-refractivity contribution >= 4 is 27.7 Å². The lowest BCUT2D eigenvalue weighted by molar-refractivity contribution is 0.542. The molecule has 90 valence electrons. The van der Waals surface area contributed by atoms with Gasteiger partial charge in [-0.2, -0.15) is 0 Å². The molecular formula is C13H20BrNS. The number of nitrogens with one attached hydrogen (secondary N) is 1. The molecule has 0 saturated carbocycles. The lowest BCUT2D eigenvalue weighted by Gasteiger charge is -2.20. The molecule has 1 rings (SSSR count). The molecule has 0 radical (unpaired) electrons. The smallest absolute Gasteiger partial charge is 0.0217 e. The molecule has 3 heteroatoms.